The van der Waals surface area contributed by atoms with E-state index in [1.165, 1.54) is 12.1 Å². The van der Waals surface area contributed by atoms with Gasteiger partial charge in [0.2, 0.25) is 5.91 Å². The maximum absolute atomic E-state index is 12.4. The minimum absolute atomic E-state index is 0.0477. The molecule has 1 amide bonds. The molecule has 0 aliphatic carbocycles. The van der Waals surface area contributed by atoms with Crippen LogP contribution >= 0.6 is 0 Å². The van der Waals surface area contributed by atoms with Crippen molar-refractivity contribution in [2.75, 3.05) is 19.7 Å². The summed E-state index contributed by atoms with van der Waals surface area (Å²) in [7, 11) is 0. The Hall–Kier alpha value is -1.73. The molecule has 2 atom stereocenters. The monoisotopic (exact) mass is 328 g/mol. The minimum atomic E-state index is -2.88. The number of carbonyl (C=O) groups excluding carboxylic acids is 1. The summed E-state index contributed by atoms with van der Waals surface area (Å²) in [6, 6.07) is 5.79. The molecule has 7 heteroatoms. The fraction of sp³-hybridized carbons (Fsp3) is 0.562. The van der Waals surface area contributed by atoms with Crippen LogP contribution in [0.4, 0.5) is 8.78 Å². The van der Waals surface area contributed by atoms with Crippen molar-refractivity contribution < 1.29 is 23.0 Å². The molecule has 1 aromatic carbocycles. The van der Waals surface area contributed by atoms with Crippen molar-refractivity contribution in [3.63, 3.8) is 0 Å². The van der Waals surface area contributed by atoms with E-state index in [1.54, 1.807) is 17.0 Å². The fourth-order valence-corrected chi connectivity index (χ4v) is 2.44. The van der Waals surface area contributed by atoms with Gasteiger partial charge in [-0.2, -0.15) is 8.78 Å². The molecule has 2 N–H and O–H groups in total. The second-order valence-electron chi connectivity index (χ2n) is 5.86. The van der Waals surface area contributed by atoms with Crippen LogP contribution in [0.2, 0.25) is 0 Å². The number of alkyl halides is 2. The van der Waals surface area contributed by atoms with E-state index in [4.69, 9.17) is 10.5 Å². The van der Waals surface area contributed by atoms with Crippen molar-refractivity contribution in [2.45, 2.75) is 32.6 Å². The topological polar surface area (TPSA) is 64.8 Å². The van der Waals surface area contributed by atoms with Crippen LogP contribution in [0.5, 0.6) is 5.75 Å². The van der Waals surface area contributed by atoms with E-state index in [1.807, 2.05) is 13.8 Å². The van der Waals surface area contributed by atoms with Gasteiger partial charge in [0.25, 0.3) is 0 Å². The summed E-state index contributed by atoms with van der Waals surface area (Å²) in [6.07, 6.45) is -0.381. The molecule has 0 saturated carbocycles. The summed E-state index contributed by atoms with van der Waals surface area (Å²) < 4.78 is 34.7. The van der Waals surface area contributed by atoms with Crippen LogP contribution in [0, 0.1) is 5.92 Å². The predicted octanol–water partition coefficient (Wildman–Crippen LogP) is 2.17. The van der Waals surface area contributed by atoms with Crippen molar-refractivity contribution in [2.24, 2.45) is 11.7 Å². The van der Waals surface area contributed by atoms with Crippen molar-refractivity contribution in [3.05, 3.63) is 29.8 Å². The molecule has 1 saturated heterocycles. The number of rotatable bonds is 5. The van der Waals surface area contributed by atoms with Crippen LogP contribution in [0.3, 0.4) is 0 Å². The normalized spacial score (nSPS) is 20.0. The summed E-state index contributed by atoms with van der Waals surface area (Å²) in [6.45, 7) is 2.11. The molecule has 0 aromatic heterocycles. The Morgan fingerprint density at radius 2 is 2.17 bits per heavy atom. The molecule has 0 bridgehead atoms. The number of nitrogens with zero attached hydrogens (tertiary/aromatic N) is 1. The predicted molar refractivity (Wildman–Crippen MR) is 81.2 cm³/mol. The number of ether oxygens (including phenoxy) is 2. The zero-order valence-electron chi connectivity index (χ0n) is 13.2. The van der Waals surface area contributed by atoms with Crippen molar-refractivity contribution in [1.29, 1.82) is 0 Å². The summed E-state index contributed by atoms with van der Waals surface area (Å²) in [4.78, 5) is 14.0. The lowest BCUT2D eigenvalue weighted by Crippen LogP contribution is -2.51. The van der Waals surface area contributed by atoms with Gasteiger partial charge >= 0.3 is 6.61 Å². The van der Waals surface area contributed by atoms with Crippen molar-refractivity contribution >= 4 is 5.91 Å². The van der Waals surface area contributed by atoms with Gasteiger partial charge in [-0.05, 0) is 23.6 Å². The molecule has 1 fully saturated rings. The first kappa shape index (κ1) is 17.6. The summed E-state index contributed by atoms with van der Waals surface area (Å²) in [5, 5.41) is 0. The third kappa shape index (κ3) is 4.62. The number of carbonyl (C=O) groups is 1. The maximum Gasteiger partial charge on any atom is 0.387 e. The van der Waals surface area contributed by atoms with Crippen LogP contribution < -0.4 is 10.5 Å². The largest absolute Gasteiger partial charge is 0.435 e. The standard InChI is InChI=1S/C16H22F2N2O3/c1-10(2)14(19)15(21)20-6-7-22-13(9-20)11-4-3-5-12(8-11)23-16(17)18/h3-5,8,10,13-14,16H,6-7,9,19H2,1-2H3/t13?,14-/m0/s1. The molecule has 1 heterocycles. The molecule has 2 rings (SSSR count). The van der Waals surface area contributed by atoms with Crippen LogP contribution in [0.25, 0.3) is 0 Å². The number of halogens is 2. The van der Waals surface area contributed by atoms with Crippen LogP contribution in [0.1, 0.15) is 25.5 Å². The smallest absolute Gasteiger partial charge is 0.387 e. The van der Waals surface area contributed by atoms with Gasteiger partial charge in [0.1, 0.15) is 11.9 Å². The average Bonchev–Trinajstić information content (AvgIpc) is 2.53. The Morgan fingerprint density at radius 3 is 2.83 bits per heavy atom. The van der Waals surface area contributed by atoms with E-state index in [0.717, 1.165) is 0 Å². The molecule has 5 nitrogen and oxygen atoms in total. The fourth-order valence-electron chi connectivity index (χ4n) is 2.44. The highest BCUT2D eigenvalue weighted by Crippen LogP contribution is 2.26. The summed E-state index contributed by atoms with van der Waals surface area (Å²) >= 11 is 0. The Kier molecular flexibility index (Phi) is 5.90. The molecule has 0 radical (unpaired) electrons. The molecular formula is C16H22F2N2O3. The highest BCUT2D eigenvalue weighted by molar-refractivity contribution is 5.82. The zero-order chi connectivity index (χ0) is 17.0. The lowest BCUT2D eigenvalue weighted by Gasteiger charge is -2.35. The lowest BCUT2D eigenvalue weighted by molar-refractivity contribution is -0.141. The van der Waals surface area contributed by atoms with Crippen LogP contribution in [0.15, 0.2) is 24.3 Å². The van der Waals surface area contributed by atoms with Crippen molar-refractivity contribution in [1.82, 2.24) is 4.90 Å². The van der Waals surface area contributed by atoms with Gasteiger partial charge in [0.15, 0.2) is 0 Å². The Balaban J connectivity index is 2.07. The number of nitrogens with two attached hydrogens (primary N) is 1. The minimum Gasteiger partial charge on any atom is -0.435 e. The Morgan fingerprint density at radius 1 is 1.43 bits per heavy atom. The summed E-state index contributed by atoms with van der Waals surface area (Å²) in [5.74, 6) is 0.00304. The molecule has 1 aliphatic heterocycles. The summed E-state index contributed by atoms with van der Waals surface area (Å²) in [5.41, 5.74) is 6.61. The second-order valence-corrected chi connectivity index (χ2v) is 5.86. The number of benzene rings is 1. The van der Waals surface area contributed by atoms with Gasteiger partial charge in [-0.25, -0.2) is 0 Å². The van der Waals surface area contributed by atoms with Gasteiger partial charge in [-0.15, -0.1) is 0 Å². The van der Waals surface area contributed by atoms with Gasteiger partial charge in [0.05, 0.1) is 19.2 Å². The molecule has 1 aromatic rings. The number of amides is 1. The van der Waals surface area contributed by atoms with Gasteiger partial charge in [-0.3, -0.25) is 4.79 Å². The van der Waals surface area contributed by atoms with Crippen LogP contribution in [-0.2, 0) is 9.53 Å². The first-order valence-corrected chi connectivity index (χ1v) is 7.59. The SMILES string of the molecule is CC(C)[C@H](N)C(=O)N1CCOC(c2cccc(OC(F)F)c2)C1. The van der Waals surface area contributed by atoms with Crippen molar-refractivity contribution in [3.8, 4) is 5.75 Å². The molecular weight excluding hydrogens is 306 g/mol. The number of hydrogen-bond acceptors (Lipinski definition) is 4. The molecule has 23 heavy (non-hydrogen) atoms. The van der Waals surface area contributed by atoms with Gasteiger partial charge in [-0.1, -0.05) is 26.0 Å². The van der Waals surface area contributed by atoms with Crippen LogP contribution in [-0.4, -0.2) is 43.2 Å². The number of morpholine rings is 1. The molecule has 1 unspecified atom stereocenters. The van der Waals surface area contributed by atoms with E-state index < -0.39 is 12.7 Å². The van der Waals surface area contributed by atoms with E-state index in [9.17, 15) is 13.6 Å². The quantitative estimate of drug-likeness (QED) is 0.900. The van der Waals surface area contributed by atoms with E-state index in [0.29, 0.717) is 25.3 Å². The van der Waals surface area contributed by atoms with E-state index in [-0.39, 0.29) is 23.7 Å². The van der Waals surface area contributed by atoms with E-state index in [2.05, 4.69) is 4.74 Å². The third-order valence-electron chi connectivity index (χ3n) is 3.84. The highest BCUT2D eigenvalue weighted by Gasteiger charge is 2.29. The molecule has 0 spiro atoms. The Bertz CT molecular complexity index is 540. The zero-order valence-corrected chi connectivity index (χ0v) is 13.2. The first-order chi connectivity index (χ1) is 10.9. The van der Waals surface area contributed by atoms with Gasteiger partial charge < -0.3 is 20.1 Å². The highest BCUT2D eigenvalue weighted by atomic mass is 19.3. The first-order valence-electron chi connectivity index (χ1n) is 7.59. The average molecular weight is 328 g/mol. The number of hydrogen-bond donors (Lipinski definition) is 1. The lowest BCUT2D eigenvalue weighted by atomic mass is 10.0. The maximum atomic E-state index is 12.4. The van der Waals surface area contributed by atoms with E-state index >= 15 is 0 Å². The third-order valence-corrected chi connectivity index (χ3v) is 3.84. The molecule has 128 valence electrons. The van der Waals surface area contributed by atoms with Gasteiger partial charge in [0, 0.05) is 6.54 Å². The second kappa shape index (κ2) is 7.70. The Labute approximate surface area is 134 Å². The molecule has 1 aliphatic rings.